The van der Waals surface area contributed by atoms with Crippen molar-refractivity contribution in [2.75, 3.05) is 0 Å². The predicted octanol–water partition coefficient (Wildman–Crippen LogP) is 5.86. The van der Waals surface area contributed by atoms with Crippen LogP contribution in [0.2, 0.25) is 0 Å². The van der Waals surface area contributed by atoms with E-state index in [0.717, 1.165) is 0 Å². The molecule has 5 N–H and O–H groups in total. The molecule has 12 heteroatoms. The molecule has 48 heavy (non-hydrogen) atoms. The van der Waals surface area contributed by atoms with Crippen LogP contribution in [0.1, 0.15) is 44.9 Å². The lowest BCUT2D eigenvalue weighted by Gasteiger charge is -2.30. The summed E-state index contributed by atoms with van der Waals surface area (Å²) in [5, 5.41) is 54.6. The van der Waals surface area contributed by atoms with E-state index in [1.165, 1.54) is 56.3 Å². The lowest BCUT2D eigenvalue weighted by atomic mass is 9.93. The minimum atomic E-state index is -1.59. The summed E-state index contributed by atoms with van der Waals surface area (Å²) in [7, 11) is 0. The molecular formula is C36H28O12. The minimum absolute atomic E-state index is 0.0134. The molecule has 2 atom stereocenters. The number of rotatable bonds is 3. The van der Waals surface area contributed by atoms with Crippen molar-refractivity contribution in [3.63, 3.8) is 0 Å². The second-order valence-corrected chi connectivity index (χ2v) is 13.1. The highest BCUT2D eigenvalue weighted by molar-refractivity contribution is 6.01. The Morgan fingerprint density at radius 1 is 0.792 bits per heavy atom. The molecular weight excluding hydrogens is 624 g/mol. The quantitative estimate of drug-likeness (QED) is 0.143. The number of para-hydroxylation sites is 1. The topological polar surface area (TPSA) is 189 Å². The molecule has 4 heterocycles. The van der Waals surface area contributed by atoms with Crippen LogP contribution < -0.4 is 25.1 Å². The fraction of sp³-hybridized carbons (Fsp3) is 0.222. The Kier molecular flexibility index (Phi) is 5.89. The van der Waals surface area contributed by atoms with Gasteiger partial charge in [-0.15, -0.1) is 0 Å². The Labute approximate surface area is 269 Å². The Balaban J connectivity index is 1.35. The van der Waals surface area contributed by atoms with Crippen LogP contribution in [0.25, 0.3) is 50.0 Å². The number of aliphatic hydroxyl groups is 1. The van der Waals surface area contributed by atoms with Gasteiger partial charge in [0, 0.05) is 12.1 Å². The van der Waals surface area contributed by atoms with Crippen LogP contribution in [-0.2, 0) is 0 Å². The second-order valence-electron chi connectivity index (χ2n) is 13.1. The van der Waals surface area contributed by atoms with Crippen molar-refractivity contribution in [3.8, 4) is 40.2 Å². The zero-order chi connectivity index (χ0) is 34.0. The number of phenols is 4. The molecule has 244 valence electrons. The second kappa shape index (κ2) is 9.58. The summed E-state index contributed by atoms with van der Waals surface area (Å²) in [6.07, 6.45) is 1.05. The summed E-state index contributed by atoms with van der Waals surface area (Å²) < 4.78 is 30.5. The van der Waals surface area contributed by atoms with Crippen LogP contribution in [-0.4, -0.2) is 42.8 Å². The molecule has 0 radical (unpaired) electrons. The van der Waals surface area contributed by atoms with E-state index in [1.807, 2.05) is 13.8 Å². The van der Waals surface area contributed by atoms with E-state index in [2.05, 4.69) is 0 Å². The van der Waals surface area contributed by atoms with Gasteiger partial charge in [-0.05, 0) is 64.1 Å². The molecule has 0 aliphatic carbocycles. The van der Waals surface area contributed by atoms with E-state index in [0.29, 0.717) is 5.56 Å². The maximum Gasteiger partial charge on any atom is 0.204 e. The predicted molar refractivity (Wildman–Crippen MR) is 174 cm³/mol. The van der Waals surface area contributed by atoms with Crippen molar-refractivity contribution in [2.45, 2.75) is 51.1 Å². The third-order valence-corrected chi connectivity index (χ3v) is 8.75. The van der Waals surface area contributed by atoms with Gasteiger partial charge >= 0.3 is 0 Å². The number of ether oxygens (including phenoxy) is 3. The highest BCUT2D eigenvalue weighted by Crippen LogP contribution is 2.51. The highest BCUT2D eigenvalue weighted by Gasteiger charge is 2.48. The molecule has 0 saturated carbocycles. The Hall–Kier alpha value is -5.88. The summed E-state index contributed by atoms with van der Waals surface area (Å²) in [4.78, 5) is 27.2. The maximum absolute atomic E-state index is 13.6. The number of hydrogen-bond acceptors (Lipinski definition) is 12. The molecule has 6 aromatic rings. The maximum atomic E-state index is 13.6. The molecule has 2 aliphatic rings. The van der Waals surface area contributed by atoms with E-state index in [-0.39, 0.29) is 78.2 Å². The number of hydrogen-bond donors (Lipinski definition) is 5. The zero-order valence-corrected chi connectivity index (χ0v) is 25.9. The molecule has 0 fully saturated rings. The van der Waals surface area contributed by atoms with Gasteiger partial charge < -0.3 is 48.6 Å². The smallest absolute Gasteiger partial charge is 0.204 e. The van der Waals surface area contributed by atoms with Crippen LogP contribution in [0.4, 0.5) is 0 Å². The van der Waals surface area contributed by atoms with Gasteiger partial charge in [0.2, 0.25) is 16.6 Å². The van der Waals surface area contributed by atoms with Gasteiger partial charge in [-0.25, -0.2) is 0 Å². The summed E-state index contributed by atoms with van der Waals surface area (Å²) in [6, 6.07) is 9.50. The molecule has 0 saturated heterocycles. The van der Waals surface area contributed by atoms with Crippen molar-refractivity contribution in [1.29, 1.82) is 0 Å². The number of aromatic hydroxyl groups is 4. The number of phenolic OH excluding ortho intramolecular Hbond substituents is 4. The fourth-order valence-corrected chi connectivity index (χ4v) is 6.47. The molecule has 2 aliphatic heterocycles. The van der Waals surface area contributed by atoms with Crippen molar-refractivity contribution in [3.05, 3.63) is 80.1 Å². The van der Waals surface area contributed by atoms with Crippen LogP contribution in [0.5, 0.6) is 40.2 Å². The lowest BCUT2D eigenvalue weighted by molar-refractivity contribution is -0.0693. The Bertz CT molecular complexity index is 2550. The standard InChI is InChI=1S/C36H28O12/c1-35(2)11-10-14-21(48-35)12-18(38)23-27(41)16-8-9-20(28(42)31(16)47-30(14)23)44-33-25-22(45-34(33)36(3,4)43)13-19(39)24-26(40)15-6-5-7-17(37)29(15)46-32(24)25/h5-13,33-34,37-39,42-43H,1-4H3/t33-,34-/m0/s1. The van der Waals surface area contributed by atoms with E-state index >= 15 is 0 Å². The first-order valence-electron chi connectivity index (χ1n) is 15.0. The van der Waals surface area contributed by atoms with E-state index in [9.17, 15) is 35.1 Å². The van der Waals surface area contributed by atoms with Crippen LogP contribution in [0.3, 0.4) is 0 Å². The monoisotopic (exact) mass is 652 g/mol. The Morgan fingerprint density at radius 3 is 2.15 bits per heavy atom. The van der Waals surface area contributed by atoms with Crippen molar-refractivity contribution < 1.29 is 48.6 Å². The SMILES string of the molecule is CC1(C)C=Cc2c(cc(O)c3c(=O)c4ccc(O[C@H]5c6c(cc(O)c7c(=O)c8cccc(O)c8oc67)O[C@@H]5C(C)(C)O)c(O)c4oc23)O1. The van der Waals surface area contributed by atoms with Crippen LogP contribution in [0, 0.1) is 0 Å². The first-order chi connectivity index (χ1) is 22.6. The molecule has 12 nitrogen and oxygen atoms in total. The summed E-state index contributed by atoms with van der Waals surface area (Å²) >= 11 is 0. The molecule has 8 rings (SSSR count). The largest absolute Gasteiger partial charge is 0.507 e. The summed E-state index contributed by atoms with van der Waals surface area (Å²) in [5.41, 5.74) is -3.53. The molecule has 4 aromatic carbocycles. The molecule has 2 aromatic heterocycles. The lowest BCUT2D eigenvalue weighted by Crippen LogP contribution is -2.43. The van der Waals surface area contributed by atoms with E-state index in [1.54, 1.807) is 12.2 Å². The normalized spacial score (nSPS) is 18.2. The fourth-order valence-electron chi connectivity index (χ4n) is 6.47. The third kappa shape index (κ3) is 4.12. The molecule has 0 amide bonds. The Morgan fingerprint density at radius 2 is 1.44 bits per heavy atom. The summed E-state index contributed by atoms with van der Waals surface area (Å²) in [6.45, 7) is 6.59. The zero-order valence-electron chi connectivity index (χ0n) is 25.9. The van der Waals surface area contributed by atoms with E-state index < -0.39 is 45.8 Å². The highest BCUT2D eigenvalue weighted by atomic mass is 16.6. The van der Waals surface area contributed by atoms with Gasteiger partial charge in [0.05, 0.1) is 27.5 Å². The first kappa shape index (κ1) is 29.5. The van der Waals surface area contributed by atoms with Crippen LogP contribution in [0.15, 0.2) is 67.0 Å². The molecule has 0 spiro atoms. The van der Waals surface area contributed by atoms with Crippen molar-refractivity contribution in [1.82, 2.24) is 0 Å². The number of fused-ring (bicyclic) bond motifs is 8. The average molecular weight is 653 g/mol. The third-order valence-electron chi connectivity index (χ3n) is 8.75. The van der Waals surface area contributed by atoms with Gasteiger partial charge in [0.1, 0.15) is 39.4 Å². The van der Waals surface area contributed by atoms with Gasteiger partial charge in [-0.2, -0.15) is 0 Å². The number of benzene rings is 4. The van der Waals surface area contributed by atoms with Crippen molar-refractivity contribution >= 4 is 50.0 Å². The minimum Gasteiger partial charge on any atom is -0.507 e. The molecule has 0 unspecified atom stereocenters. The first-order valence-corrected chi connectivity index (χ1v) is 15.0. The van der Waals surface area contributed by atoms with E-state index in [4.69, 9.17) is 23.0 Å². The van der Waals surface area contributed by atoms with Gasteiger partial charge in [-0.1, -0.05) is 6.07 Å². The molecule has 0 bridgehead atoms. The summed E-state index contributed by atoms with van der Waals surface area (Å²) in [5.74, 6) is -1.56. The van der Waals surface area contributed by atoms with Gasteiger partial charge in [-0.3, -0.25) is 9.59 Å². The van der Waals surface area contributed by atoms with Gasteiger partial charge in [0.25, 0.3) is 0 Å². The average Bonchev–Trinajstić information content (AvgIpc) is 3.37. The van der Waals surface area contributed by atoms with Crippen LogP contribution >= 0.6 is 0 Å². The van der Waals surface area contributed by atoms with Crippen molar-refractivity contribution in [2.24, 2.45) is 0 Å². The van der Waals surface area contributed by atoms with Gasteiger partial charge in [0.15, 0.2) is 46.0 Å².